The first-order valence-electron chi connectivity index (χ1n) is 3.89. The Hall–Kier alpha value is -0.930. The van der Waals surface area contributed by atoms with Crippen LogP contribution >= 0.6 is 11.6 Å². The smallest absolute Gasteiger partial charge is 0.145 e. The molecule has 0 unspecified atom stereocenters. The van der Waals surface area contributed by atoms with Crippen molar-refractivity contribution in [1.29, 1.82) is 0 Å². The molecule has 0 aliphatic heterocycles. The van der Waals surface area contributed by atoms with Gasteiger partial charge in [0.1, 0.15) is 16.5 Å². The van der Waals surface area contributed by atoms with E-state index in [-0.39, 0.29) is 10.8 Å². The summed E-state index contributed by atoms with van der Waals surface area (Å²) in [6, 6.07) is 3.33. The number of methoxy groups -OCH3 is 1. The van der Waals surface area contributed by atoms with E-state index in [0.29, 0.717) is 12.3 Å². The minimum absolute atomic E-state index is 0.0402. The van der Waals surface area contributed by atoms with Crippen LogP contribution in [0.25, 0.3) is 0 Å². The van der Waals surface area contributed by atoms with Crippen LogP contribution in [0.3, 0.4) is 0 Å². The maximum Gasteiger partial charge on any atom is 0.145 e. The largest absolute Gasteiger partial charge is 0.506 e. The van der Waals surface area contributed by atoms with Crippen LogP contribution in [0.15, 0.2) is 12.1 Å². The van der Waals surface area contributed by atoms with Crippen molar-refractivity contribution in [2.24, 2.45) is 0 Å². The molecule has 0 heterocycles. The highest BCUT2D eigenvalue weighted by atomic mass is 35.5. The Morgan fingerprint density at radius 1 is 1.54 bits per heavy atom. The van der Waals surface area contributed by atoms with Crippen molar-refractivity contribution >= 4 is 11.6 Å². The first-order valence-corrected chi connectivity index (χ1v) is 4.27. The molecular weight excluding hydrogens is 190 g/mol. The van der Waals surface area contributed by atoms with Crippen LogP contribution in [0, 0.1) is 0 Å². The summed E-state index contributed by atoms with van der Waals surface area (Å²) in [6.45, 7) is 0.656. The molecule has 0 aromatic heterocycles. The molecule has 1 aromatic carbocycles. The molecule has 0 atom stereocenters. The third-order valence-corrected chi connectivity index (χ3v) is 2.09. The highest BCUT2D eigenvalue weighted by molar-refractivity contribution is 6.33. The Bertz CT molecular complexity index is 302. The van der Waals surface area contributed by atoms with E-state index in [1.165, 1.54) is 7.11 Å². The lowest BCUT2D eigenvalue weighted by Gasteiger charge is -2.10. The summed E-state index contributed by atoms with van der Waals surface area (Å²) in [5.74, 6) is 0.564. The lowest BCUT2D eigenvalue weighted by Crippen LogP contribution is -2.06. The molecule has 72 valence electrons. The zero-order chi connectivity index (χ0) is 9.84. The van der Waals surface area contributed by atoms with Gasteiger partial charge in [-0.2, -0.15) is 0 Å². The van der Waals surface area contributed by atoms with Crippen molar-refractivity contribution in [3.63, 3.8) is 0 Å². The van der Waals surface area contributed by atoms with Gasteiger partial charge in [0.05, 0.1) is 7.11 Å². The lowest BCUT2D eigenvalue weighted by molar-refractivity contribution is 0.402. The fourth-order valence-electron chi connectivity index (χ4n) is 1.14. The van der Waals surface area contributed by atoms with E-state index in [1.54, 1.807) is 12.1 Å². The second-order valence-corrected chi connectivity index (χ2v) is 3.00. The Kier molecular flexibility index (Phi) is 3.39. The second kappa shape index (κ2) is 4.35. The lowest BCUT2D eigenvalue weighted by atomic mass is 10.2. The molecule has 3 nitrogen and oxygen atoms in total. The first kappa shape index (κ1) is 10.2. The van der Waals surface area contributed by atoms with Gasteiger partial charge in [-0.1, -0.05) is 17.7 Å². The molecule has 4 heteroatoms. The van der Waals surface area contributed by atoms with E-state index in [0.717, 1.165) is 5.56 Å². The van der Waals surface area contributed by atoms with Gasteiger partial charge in [-0.15, -0.1) is 0 Å². The van der Waals surface area contributed by atoms with E-state index in [2.05, 4.69) is 5.32 Å². The number of benzene rings is 1. The molecule has 0 saturated heterocycles. The highest BCUT2D eigenvalue weighted by Crippen LogP contribution is 2.35. The number of hydrogen-bond acceptors (Lipinski definition) is 3. The molecular formula is C9H12ClNO2. The molecule has 0 radical (unpaired) electrons. The van der Waals surface area contributed by atoms with Crippen LogP contribution in [0.5, 0.6) is 11.5 Å². The monoisotopic (exact) mass is 201 g/mol. The second-order valence-electron chi connectivity index (χ2n) is 2.62. The normalized spacial score (nSPS) is 10.1. The summed E-state index contributed by atoms with van der Waals surface area (Å²) in [5, 5.41) is 12.5. The summed E-state index contributed by atoms with van der Waals surface area (Å²) in [5.41, 5.74) is 0.924. The number of nitrogens with one attached hydrogen (secondary N) is 1. The van der Waals surface area contributed by atoms with E-state index >= 15 is 0 Å². The Balaban J connectivity index is 3.13. The first-order chi connectivity index (χ1) is 6.20. The van der Waals surface area contributed by atoms with Crippen molar-refractivity contribution in [3.8, 4) is 11.5 Å². The van der Waals surface area contributed by atoms with Gasteiger partial charge >= 0.3 is 0 Å². The molecule has 2 N–H and O–H groups in total. The van der Waals surface area contributed by atoms with Gasteiger partial charge in [0.25, 0.3) is 0 Å². The van der Waals surface area contributed by atoms with Crippen LogP contribution in [0.4, 0.5) is 0 Å². The maximum atomic E-state index is 9.29. The van der Waals surface area contributed by atoms with E-state index in [1.807, 2.05) is 7.05 Å². The van der Waals surface area contributed by atoms with Gasteiger partial charge in [-0.25, -0.2) is 0 Å². The minimum Gasteiger partial charge on any atom is -0.506 e. The Morgan fingerprint density at radius 3 is 2.77 bits per heavy atom. The fraction of sp³-hybridized carbons (Fsp3) is 0.333. The number of halogens is 1. The highest BCUT2D eigenvalue weighted by Gasteiger charge is 2.10. The van der Waals surface area contributed by atoms with Crippen LogP contribution in [-0.4, -0.2) is 19.3 Å². The van der Waals surface area contributed by atoms with Crippen LogP contribution in [0.2, 0.25) is 5.02 Å². The fourth-order valence-corrected chi connectivity index (χ4v) is 1.40. The standard InChI is InChI=1S/C9H12ClNO2/c1-11-5-6-3-4-7(12)8(10)9(6)13-2/h3-4,11-12H,5H2,1-2H3. The van der Waals surface area contributed by atoms with Crippen molar-refractivity contribution in [3.05, 3.63) is 22.7 Å². The zero-order valence-electron chi connectivity index (χ0n) is 7.60. The Labute approximate surface area is 82.3 Å². The van der Waals surface area contributed by atoms with Gasteiger partial charge in [-0.05, 0) is 13.1 Å². The summed E-state index contributed by atoms with van der Waals surface area (Å²) in [4.78, 5) is 0. The molecule has 0 aliphatic carbocycles. The van der Waals surface area contributed by atoms with E-state index < -0.39 is 0 Å². The Morgan fingerprint density at radius 2 is 2.23 bits per heavy atom. The topological polar surface area (TPSA) is 41.5 Å². The molecule has 13 heavy (non-hydrogen) atoms. The predicted octanol–water partition coefficient (Wildman–Crippen LogP) is 1.77. The van der Waals surface area contributed by atoms with Crippen molar-refractivity contribution in [1.82, 2.24) is 5.32 Å². The van der Waals surface area contributed by atoms with Crippen molar-refractivity contribution in [2.45, 2.75) is 6.54 Å². The summed E-state index contributed by atoms with van der Waals surface area (Å²) in [7, 11) is 3.36. The molecule has 0 aliphatic rings. The van der Waals surface area contributed by atoms with E-state index in [4.69, 9.17) is 16.3 Å². The van der Waals surface area contributed by atoms with Crippen molar-refractivity contribution in [2.75, 3.05) is 14.2 Å². The molecule has 0 spiro atoms. The van der Waals surface area contributed by atoms with Crippen LogP contribution < -0.4 is 10.1 Å². The molecule has 0 saturated carbocycles. The average molecular weight is 202 g/mol. The number of aromatic hydroxyl groups is 1. The van der Waals surface area contributed by atoms with Gasteiger partial charge in [0.2, 0.25) is 0 Å². The molecule has 1 rings (SSSR count). The molecule has 0 amide bonds. The summed E-state index contributed by atoms with van der Waals surface area (Å²) >= 11 is 5.83. The molecule has 1 aromatic rings. The van der Waals surface area contributed by atoms with Crippen LogP contribution in [-0.2, 0) is 6.54 Å². The van der Waals surface area contributed by atoms with Crippen LogP contribution in [0.1, 0.15) is 5.56 Å². The van der Waals surface area contributed by atoms with Gasteiger partial charge in [0, 0.05) is 12.1 Å². The third-order valence-electron chi connectivity index (χ3n) is 1.73. The SMILES string of the molecule is CNCc1ccc(O)c(Cl)c1OC. The van der Waals surface area contributed by atoms with Gasteiger partial charge < -0.3 is 15.2 Å². The van der Waals surface area contributed by atoms with Gasteiger partial charge in [-0.3, -0.25) is 0 Å². The van der Waals surface area contributed by atoms with Gasteiger partial charge in [0.15, 0.2) is 0 Å². The predicted molar refractivity (Wildman–Crippen MR) is 52.4 cm³/mol. The zero-order valence-corrected chi connectivity index (χ0v) is 8.35. The summed E-state index contributed by atoms with van der Waals surface area (Å²) in [6.07, 6.45) is 0. The number of phenols is 1. The maximum absolute atomic E-state index is 9.29. The van der Waals surface area contributed by atoms with E-state index in [9.17, 15) is 5.11 Å². The third kappa shape index (κ3) is 2.05. The average Bonchev–Trinajstić information content (AvgIpc) is 2.12. The quantitative estimate of drug-likeness (QED) is 0.784. The molecule has 0 fully saturated rings. The minimum atomic E-state index is 0.0402. The van der Waals surface area contributed by atoms with Crippen molar-refractivity contribution < 1.29 is 9.84 Å². The summed E-state index contributed by atoms with van der Waals surface area (Å²) < 4.78 is 5.08. The number of rotatable bonds is 3. The number of ether oxygens (including phenoxy) is 1. The molecule has 0 bridgehead atoms. The number of hydrogen-bond donors (Lipinski definition) is 2. The number of phenolic OH excluding ortho intramolecular Hbond substituents is 1.